The summed E-state index contributed by atoms with van der Waals surface area (Å²) >= 11 is 0. The lowest BCUT2D eigenvalue weighted by atomic mass is 10.1. The summed E-state index contributed by atoms with van der Waals surface area (Å²) in [6.07, 6.45) is -0.864. The Morgan fingerprint density at radius 2 is 2.19 bits per heavy atom. The van der Waals surface area contributed by atoms with Crippen molar-refractivity contribution in [2.45, 2.75) is 19.4 Å². The van der Waals surface area contributed by atoms with Crippen molar-refractivity contribution < 1.29 is 23.4 Å². The third-order valence-electron chi connectivity index (χ3n) is 1.95. The summed E-state index contributed by atoms with van der Waals surface area (Å²) in [7, 11) is 0. The van der Waals surface area contributed by atoms with E-state index in [1.165, 1.54) is 0 Å². The Bertz CT molecular complexity index is 379. The average molecular weight is 230 g/mol. The lowest BCUT2D eigenvalue weighted by Crippen LogP contribution is -2.17. The molecule has 1 rings (SSSR count). The van der Waals surface area contributed by atoms with Gasteiger partial charge in [0.2, 0.25) is 0 Å². The fourth-order valence-electron chi connectivity index (χ4n) is 1.25. The first-order valence-electron chi connectivity index (χ1n) is 4.85. The molecule has 0 fully saturated rings. The summed E-state index contributed by atoms with van der Waals surface area (Å²) in [6.45, 7) is 1.97. The number of carbonyl (C=O) groups is 1. The van der Waals surface area contributed by atoms with Crippen molar-refractivity contribution in [3.63, 3.8) is 0 Å². The molecule has 1 aromatic rings. The van der Waals surface area contributed by atoms with Crippen molar-refractivity contribution in [1.82, 2.24) is 0 Å². The summed E-state index contributed by atoms with van der Waals surface area (Å²) in [4.78, 5) is 10.9. The number of carboxylic acid groups (broad SMARTS) is 1. The lowest BCUT2D eigenvalue weighted by Gasteiger charge is -2.14. The number of benzene rings is 1. The molecular weight excluding hydrogens is 218 g/mol. The quantitative estimate of drug-likeness (QED) is 0.845. The number of aliphatic carboxylic acids is 1. The Morgan fingerprint density at radius 3 is 2.75 bits per heavy atom. The van der Waals surface area contributed by atoms with Crippen LogP contribution in [-0.4, -0.2) is 17.7 Å². The van der Waals surface area contributed by atoms with Gasteiger partial charge >= 0.3 is 5.97 Å². The summed E-state index contributed by atoms with van der Waals surface area (Å²) < 4.78 is 31.1. The first-order valence-corrected chi connectivity index (χ1v) is 4.85. The van der Waals surface area contributed by atoms with Crippen molar-refractivity contribution in [2.75, 3.05) is 6.61 Å². The van der Waals surface area contributed by atoms with Gasteiger partial charge in [0, 0.05) is 12.2 Å². The Labute approximate surface area is 91.7 Å². The summed E-state index contributed by atoms with van der Waals surface area (Å²) in [5.74, 6) is -2.81. The number of carboxylic acids is 1. The first-order chi connectivity index (χ1) is 7.56. The van der Waals surface area contributed by atoms with Gasteiger partial charge in [-0.05, 0) is 24.6 Å². The number of rotatable bonds is 5. The first kappa shape index (κ1) is 12.6. The monoisotopic (exact) mass is 230 g/mol. The van der Waals surface area contributed by atoms with Gasteiger partial charge in [0.05, 0.1) is 0 Å². The number of ether oxygens (including phenoxy) is 1. The van der Waals surface area contributed by atoms with E-state index < -0.39 is 23.7 Å². The highest BCUT2D eigenvalue weighted by molar-refractivity contribution is 5.74. The van der Waals surface area contributed by atoms with E-state index in [0.717, 1.165) is 18.2 Å². The Hall–Kier alpha value is -1.49. The molecule has 0 aliphatic rings. The van der Waals surface area contributed by atoms with E-state index >= 15 is 0 Å². The number of hydrogen-bond acceptors (Lipinski definition) is 2. The van der Waals surface area contributed by atoms with Crippen LogP contribution in [0.1, 0.15) is 25.0 Å². The summed E-state index contributed by atoms with van der Waals surface area (Å²) in [5.41, 5.74) is -0.291. The van der Waals surface area contributed by atoms with Crippen LogP contribution in [0.2, 0.25) is 0 Å². The number of hydrogen-bond donors (Lipinski definition) is 1. The van der Waals surface area contributed by atoms with Gasteiger partial charge < -0.3 is 9.84 Å². The molecule has 0 heterocycles. The molecule has 0 saturated heterocycles. The molecule has 5 heteroatoms. The second-order valence-corrected chi connectivity index (χ2v) is 3.25. The van der Waals surface area contributed by atoms with Crippen molar-refractivity contribution in [1.29, 1.82) is 0 Å². The highest BCUT2D eigenvalue weighted by atomic mass is 19.1. The molecule has 0 spiro atoms. The fraction of sp³-hybridized carbons (Fsp3) is 0.364. The van der Waals surface area contributed by atoms with E-state index in [1.807, 2.05) is 0 Å². The van der Waals surface area contributed by atoms with Crippen LogP contribution in [-0.2, 0) is 9.53 Å². The van der Waals surface area contributed by atoms with Gasteiger partial charge in [-0.15, -0.1) is 0 Å². The van der Waals surface area contributed by atoms with Gasteiger partial charge in [-0.25, -0.2) is 13.6 Å². The molecule has 0 radical (unpaired) electrons. The molecule has 0 saturated carbocycles. The summed E-state index contributed by atoms with van der Waals surface area (Å²) in [6, 6.07) is 2.65. The molecule has 0 bridgehead atoms. The van der Waals surface area contributed by atoms with Gasteiger partial charge in [0.1, 0.15) is 11.6 Å². The molecule has 0 aromatic heterocycles. The smallest absolute Gasteiger partial charge is 0.337 e. The average Bonchev–Trinajstić information content (AvgIpc) is 2.23. The Balaban J connectivity index is 3.00. The van der Waals surface area contributed by atoms with Crippen molar-refractivity contribution in [3.05, 3.63) is 35.4 Å². The molecule has 1 unspecified atom stereocenters. The van der Waals surface area contributed by atoms with E-state index in [2.05, 4.69) is 0 Å². The van der Waals surface area contributed by atoms with Crippen LogP contribution >= 0.6 is 0 Å². The van der Waals surface area contributed by atoms with Gasteiger partial charge in [-0.1, -0.05) is 6.92 Å². The van der Waals surface area contributed by atoms with E-state index in [0.29, 0.717) is 6.42 Å². The second kappa shape index (κ2) is 5.55. The molecule has 16 heavy (non-hydrogen) atoms. The minimum atomic E-state index is -1.46. The Morgan fingerprint density at radius 1 is 1.50 bits per heavy atom. The van der Waals surface area contributed by atoms with E-state index in [9.17, 15) is 13.6 Å². The standard InChI is InChI=1S/C11H12F2O3/c1-2-5-16-10(11(14)15)8-6-7(12)3-4-9(8)13/h3-4,6,10H,2,5H2,1H3,(H,14,15). The van der Waals surface area contributed by atoms with Crippen LogP contribution < -0.4 is 0 Å². The highest BCUT2D eigenvalue weighted by Crippen LogP contribution is 2.22. The van der Waals surface area contributed by atoms with Gasteiger partial charge in [-0.3, -0.25) is 0 Å². The van der Waals surface area contributed by atoms with E-state index in [-0.39, 0.29) is 12.2 Å². The van der Waals surface area contributed by atoms with Crippen LogP contribution in [0, 0.1) is 11.6 Å². The second-order valence-electron chi connectivity index (χ2n) is 3.25. The molecule has 1 aromatic carbocycles. The summed E-state index contributed by atoms with van der Waals surface area (Å²) in [5, 5.41) is 8.85. The molecule has 1 N–H and O–H groups in total. The van der Waals surface area contributed by atoms with Crippen LogP contribution in [0.5, 0.6) is 0 Å². The molecule has 0 aliphatic carbocycles. The normalized spacial score (nSPS) is 12.4. The zero-order valence-electron chi connectivity index (χ0n) is 8.74. The fourth-order valence-corrected chi connectivity index (χ4v) is 1.25. The maximum Gasteiger partial charge on any atom is 0.337 e. The van der Waals surface area contributed by atoms with Gasteiger partial charge in [0.25, 0.3) is 0 Å². The maximum absolute atomic E-state index is 13.3. The highest BCUT2D eigenvalue weighted by Gasteiger charge is 2.24. The van der Waals surface area contributed by atoms with Crippen LogP contribution in [0.3, 0.4) is 0 Å². The predicted octanol–water partition coefficient (Wildman–Crippen LogP) is 2.52. The zero-order chi connectivity index (χ0) is 12.1. The third kappa shape index (κ3) is 3.00. The topological polar surface area (TPSA) is 46.5 Å². The zero-order valence-corrected chi connectivity index (χ0v) is 8.74. The molecule has 0 aliphatic heterocycles. The number of halogens is 2. The molecule has 1 atom stereocenters. The third-order valence-corrected chi connectivity index (χ3v) is 1.95. The van der Waals surface area contributed by atoms with E-state index in [1.54, 1.807) is 6.92 Å². The molecular formula is C11H12F2O3. The van der Waals surface area contributed by atoms with Gasteiger partial charge in [-0.2, -0.15) is 0 Å². The maximum atomic E-state index is 13.3. The predicted molar refractivity (Wildman–Crippen MR) is 53.0 cm³/mol. The minimum absolute atomic E-state index is 0.174. The molecule has 3 nitrogen and oxygen atoms in total. The van der Waals surface area contributed by atoms with Crippen molar-refractivity contribution in [3.8, 4) is 0 Å². The van der Waals surface area contributed by atoms with E-state index in [4.69, 9.17) is 9.84 Å². The van der Waals surface area contributed by atoms with Crippen LogP contribution in [0.4, 0.5) is 8.78 Å². The molecule has 88 valence electrons. The minimum Gasteiger partial charge on any atom is -0.479 e. The van der Waals surface area contributed by atoms with Crippen molar-refractivity contribution >= 4 is 5.97 Å². The van der Waals surface area contributed by atoms with Crippen LogP contribution in [0.15, 0.2) is 18.2 Å². The lowest BCUT2D eigenvalue weighted by molar-refractivity contribution is -0.151. The van der Waals surface area contributed by atoms with Crippen molar-refractivity contribution in [2.24, 2.45) is 0 Å². The van der Waals surface area contributed by atoms with Crippen LogP contribution in [0.25, 0.3) is 0 Å². The Kier molecular flexibility index (Phi) is 4.37. The largest absolute Gasteiger partial charge is 0.479 e. The van der Waals surface area contributed by atoms with Gasteiger partial charge in [0.15, 0.2) is 6.10 Å². The molecule has 0 amide bonds. The SMILES string of the molecule is CCCOC(C(=O)O)c1cc(F)ccc1F.